The van der Waals surface area contributed by atoms with Crippen molar-refractivity contribution in [1.29, 1.82) is 0 Å². The highest BCUT2D eigenvalue weighted by molar-refractivity contribution is 5.06. The molecule has 0 spiro atoms. The molecule has 5 aliphatic carbocycles. The third-order valence-corrected chi connectivity index (χ3v) is 7.14. The number of rotatable bonds is 0. The highest BCUT2D eigenvalue weighted by atomic mass is 14.3. The van der Waals surface area contributed by atoms with Crippen molar-refractivity contribution in [1.82, 2.24) is 0 Å². The lowest BCUT2D eigenvalue weighted by molar-refractivity contribution is 0.638. The molecular weight excluding hydrogens is 372 g/mol. The molecule has 0 saturated heterocycles. The van der Waals surface area contributed by atoms with Crippen molar-refractivity contribution in [3.63, 3.8) is 0 Å². The molecule has 1 fully saturated rings. The maximum Gasteiger partial charge on any atom is -0.0228 e. The second-order valence-corrected chi connectivity index (χ2v) is 10.1. The van der Waals surface area contributed by atoms with E-state index >= 15 is 0 Å². The molecule has 0 heterocycles. The van der Waals surface area contributed by atoms with E-state index in [4.69, 9.17) is 0 Å². The van der Waals surface area contributed by atoms with E-state index in [1.807, 2.05) is 0 Å². The summed E-state index contributed by atoms with van der Waals surface area (Å²) in [5, 5.41) is 0. The van der Waals surface area contributed by atoms with E-state index in [1.54, 1.807) is 0 Å². The minimum Gasteiger partial charge on any atom is -0.0885 e. The number of allylic oxidation sites excluding steroid dienone is 8. The minimum atomic E-state index is 0.991. The van der Waals surface area contributed by atoms with Gasteiger partial charge in [0.05, 0.1) is 0 Å². The Morgan fingerprint density at radius 2 is 0.581 bits per heavy atom. The average molecular weight is 425 g/mol. The van der Waals surface area contributed by atoms with E-state index in [0.29, 0.717) is 0 Å². The number of fused-ring (bicyclic) bond motifs is 2. The van der Waals surface area contributed by atoms with Gasteiger partial charge in [0.25, 0.3) is 0 Å². The van der Waals surface area contributed by atoms with Crippen molar-refractivity contribution >= 4 is 0 Å². The monoisotopic (exact) mass is 424 g/mol. The summed E-state index contributed by atoms with van der Waals surface area (Å²) < 4.78 is 0. The molecule has 0 heteroatoms. The third kappa shape index (κ3) is 15.4. The van der Waals surface area contributed by atoms with Crippen LogP contribution in [0.1, 0.15) is 135 Å². The van der Waals surface area contributed by atoms with Crippen LogP contribution in [-0.2, 0) is 0 Å². The Morgan fingerprint density at radius 3 is 0.742 bits per heavy atom. The van der Waals surface area contributed by atoms with Gasteiger partial charge in [0, 0.05) is 0 Å². The second kappa shape index (κ2) is 19.6. The Bertz CT molecular complexity index is 412. The smallest absolute Gasteiger partial charge is 0.0228 e. The summed E-state index contributed by atoms with van der Waals surface area (Å²) in [4.78, 5) is 0. The van der Waals surface area contributed by atoms with Crippen molar-refractivity contribution in [2.24, 2.45) is 11.8 Å². The first kappa shape index (κ1) is 26.2. The zero-order chi connectivity index (χ0) is 21.7. The van der Waals surface area contributed by atoms with Crippen molar-refractivity contribution < 1.29 is 0 Å². The summed E-state index contributed by atoms with van der Waals surface area (Å²) in [5.41, 5.74) is 0. The fourth-order valence-corrected chi connectivity index (χ4v) is 5.06. The van der Waals surface area contributed by atoms with Crippen LogP contribution in [0.5, 0.6) is 0 Å². The molecule has 2 atom stereocenters. The number of hydrogen-bond acceptors (Lipinski definition) is 0. The van der Waals surface area contributed by atoms with Gasteiger partial charge in [-0.05, 0) is 108 Å². The van der Waals surface area contributed by atoms with Gasteiger partial charge in [0.2, 0.25) is 0 Å². The van der Waals surface area contributed by atoms with Gasteiger partial charge in [-0.3, -0.25) is 0 Å². The summed E-state index contributed by atoms with van der Waals surface area (Å²) in [6, 6.07) is 0. The van der Waals surface area contributed by atoms with Crippen LogP contribution in [0.2, 0.25) is 0 Å². The van der Waals surface area contributed by atoms with Crippen LogP contribution in [0.25, 0.3) is 0 Å². The first-order chi connectivity index (χ1) is 15.4. The third-order valence-electron chi connectivity index (χ3n) is 7.14. The first-order valence-corrected chi connectivity index (χ1v) is 14.1. The SMILES string of the molecule is C1=CC2CCC1C2.C1=CCCCCCC1.C1=CCCCCCC1.C1=CCCCCCC1. The maximum atomic E-state index is 2.38. The van der Waals surface area contributed by atoms with Crippen LogP contribution in [0.4, 0.5) is 0 Å². The Kier molecular flexibility index (Phi) is 16.6. The Hall–Kier alpha value is -1.04. The standard InChI is InChI=1S/3C8H14.C7H10/c3*1-2-4-6-8-7-5-3-1;1-2-7-4-3-6(1)5-7/h3*1-2H,3-8H2;1-2,6-7H,3-5H2. The molecule has 2 unspecified atom stereocenters. The van der Waals surface area contributed by atoms with Crippen molar-refractivity contribution in [2.75, 3.05) is 0 Å². The van der Waals surface area contributed by atoms with Gasteiger partial charge in [0.15, 0.2) is 0 Å². The second-order valence-electron chi connectivity index (χ2n) is 10.1. The van der Waals surface area contributed by atoms with E-state index in [0.717, 1.165) is 11.8 Å². The molecule has 2 bridgehead atoms. The first-order valence-electron chi connectivity index (χ1n) is 14.1. The van der Waals surface area contributed by atoms with Gasteiger partial charge in [-0.25, -0.2) is 0 Å². The van der Waals surface area contributed by atoms with Crippen molar-refractivity contribution in [2.45, 2.75) is 135 Å². The largest absolute Gasteiger partial charge is 0.0885 e. The lowest BCUT2D eigenvalue weighted by atomic mass is 10.1. The summed E-state index contributed by atoms with van der Waals surface area (Å²) in [5.74, 6) is 1.98. The summed E-state index contributed by atoms with van der Waals surface area (Å²) in [6.45, 7) is 0. The molecule has 176 valence electrons. The van der Waals surface area contributed by atoms with Crippen LogP contribution in [-0.4, -0.2) is 0 Å². The molecule has 0 nitrogen and oxygen atoms in total. The van der Waals surface area contributed by atoms with Gasteiger partial charge in [-0.15, -0.1) is 0 Å². The predicted molar refractivity (Wildman–Crippen MR) is 140 cm³/mol. The quantitative estimate of drug-likeness (QED) is 0.339. The van der Waals surface area contributed by atoms with Gasteiger partial charge in [-0.1, -0.05) is 87.1 Å². The zero-order valence-corrected chi connectivity index (χ0v) is 20.6. The van der Waals surface area contributed by atoms with Crippen LogP contribution in [0.15, 0.2) is 48.6 Å². The van der Waals surface area contributed by atoms with Crippen molar-refractivity contribution in [3.8, 4) is 0 Å². The normalized spacial score (nSPS) is 27.4. The molecule has 0 amide bonds. The van der Waals surface area contributed by atoms with Crippen LogP contribution in [0.3, 0.4) is 0 Å². The molecule has 0 radical (unpaired) electrons. The molecule has 5 rings (SSSR count). The molecule has 0 aromatic carbocycles. The molecule has 0 aromatic heterocycles. The molecule has 5 aliphatic rings. The summed E-state index contributed by atoms with van der Waals surface area (Å²) in [6.07, 6.45) is 48.2. The Morgan fingerprint density at radius 1 is 0.323 bits per heavy atom. The molecule has 1 saturated carbocycles. The van der Waals surface area contributed by atoms with E-state index < -0.39 is 0 Å². The fourth-order valence-electron chi connectivity index (χ4n) is 5.06. The van der Waals surface area contributed by atoms with Gasteiger partial charge < -0.3 is 0 Å². The average Bonchev–Trinajstić information content (AvgIpc) is 3.34. The van der Waals surface area contributed by atoms with E-state index in [1.165, 1.54) is 135 Å². The highest BCUT2D eigenvalue weighted by Gasteiger charge is 2.25. The topological polar surface area (TPSA) is 0 Å². The van der Waals surface area contributed by atoms with E-state index in [2.05, 4.69) is 48.6 Å². The highest BCUT2D eigenvalue weighted by Crippen LogP contribution is 2.38. The van der Waals surface area contributed by atoms with E-state index in [-0.39, 0.29) is 0 Å². The van der Waals surface area contributed by atoms with Gasteiger partial charge in [-0.2, -0.15) is 0 Å². The summed E-state index contributed by atoms with van der Waals surface area (Å²) >= 11 is 0. The number of hydrogen-bond donors (Lipinski definition) is 0. The Labute approximate surface area is 195 Å². The fraction of sp³-hybridized carbons (Fsp3) is 0.742. The van der Waals surface area contributed by atoms with Crippen LogP contribution in [0, 0.1) is 11.8 Å². The molecule has 31 heavy (non-hydrogen) atoms. The lowest BCUT2D eigenvalue weighted by Gasteiger charge is -2.00. The lowest BCUT2D eigenvalue weighted by Crippen LogP contribution is -1.82. The molecule has 0 aromatic rings. The van der Waals surface area contributed by atoms with Crippen LogP contribution >= 0.6 is 0 Å². The van der Waals surface area contributed by atoms with Gasteiger partial charge in [0.1, 0.15) is 0 Å². The van der Waals surface area contributed by atoms with Crippen molar-refractivity contribution in [3.05, 3.63) is 48.6 Å². The Balaban J connectivity index is 0.000000147. The molecular formula is C31H52. The van der Waals surface area contributed by atoms with Gasteiger partial charge >= 0.3 is 0 Å². The zero-order valence-electron chi connectivity index (χ0n) is 20.6. The predicted octanol–water partition coefficient (Wildman–Crippen LogP) is 10.7. The minimum absolute atomic E-state index is 0.991. The van der Waals surface area contributed by atoms with E-state index in [9.17, 15) is 0 Å². The van der Waals surface area contributed by atoms with Crippen LogP contribution < -0.4 is 0 Å². The molecule has 0 aliphatic heterocycles. The summed E-state index contributed by atoms with van der Waals surface area (Å²) in [7, 11) is 0. The molecule has 0 N–H and O–H groups in total. The maximum absolute atomic E-state index is 2.38.